The van der Waals surface area contributed by atoms with Crippen molar-refractivity contribution in [2.75, 3.05) is 22.9 Å². The van der Waals surface area contributed by atoms with Gasteiger partial charge in [-0.25, -0.2) is 14.6 Å². The average Bonchev–Trinajstić information content (AvgIpc) is 2.77. The monoisotopic (exact) mass is 478 g/mol. The number of aliphatic imine (C=N–C) groups is 1. The number of rotatable bonds is 5. The molecule has 1 saturated heterocycles. The van der Waals surface area contributed by atoms with Crippen LogP contribution in [0.1, 0.15) is 44.4 Å². The fourth-order valence-electron chi connectivity index (χ4n) is 4.16. The quantitative estimate of drug-likeness (QED) is 0.538. The van der Waals surface area contributed by atoms with Gasteiger partial charge in [0.05, 0.1) is 23.4 Å². The van der Waals surface area contributed by atoms with Crippen LogP contribution in [-0.2, 0) is 9.53 Å². The molecule has 34 heavy (non-hydrogen) atoms. The van der Waals surface area contributed by atoms with Gasteiger partial charge in [0, 0.05) is 23.7 Å². The lowest BCUT2D eigenvalue weighted by Gasteiger charge is -2.40. The number of hydrogen-bond donors (Lipinski definition) is 2. The van der Waals surface area contributed by atoms with Crippen LogP contribution < -0.4 is 10.6 Å². The number of hydrogen-bond acceptors (Lipinski definition) is 6. The first kappa shape index (κ1) is 23.9. The minimum Gasteiger partial charge on any atom is -0.459 e. The zero-order valence-corrected chi connectivity index (χ0v) is 20.7. The summed E-state index contributed by atoms with van der Waals surface area (Å²) in [6, 6.07) is 14.6. The molecular formula is C26H30N4O3S. The third-order valence-corrected chi connectivity index (χ3v) is 6.63. The zero-order valence-electron chi connectivity index (χ0n) is 19.9. The van der Waals surface area contributed by atoms with Crippen molar-refractivity contribution in [1.82, 2.24) is 4.90 Å². The lowest BCUT2D eigenvalue weighted by molar-refractivity contribution is -0.143. The standard InChI is InChI=1S/C26H30N4O3S/c1-16(2)33-24(31)22-18(4)27-26-30(12-7-13-34-26)23(22)19-9-6-11-21(15-19)29-25(32)28-20-10-5-8-17(3)14-20/h5-6,8-11,14-16,23H,7,12-13H2,1-4H3,(H2,28,29,32). The number of anilines is 2. The first-order chi connectivity index (χ1) is 16.3. The molecule has 8 heteroatoms. The van der Waals surface area contributed by atoms with Crippen molar-refractivity contribution in [3.8, 4) is 0 Å². The van der Waals surface area contributed by atoms with Gasteiger partial charge < -0.3 is 20.3 Å². The van der Waals surface area contributed by atoms with Crippen LogP contribution in [0.5, 0.6) is 0 Å². The van der Waals surface area contributed by atoms with E-state index < -0.39 is 0 Å². The molecule has 0 aliphatic carbocycles. The Labute approximate surface area is 204 Å². The fraction of sp³-hybridized carbons (Fsp3) is 0.346. The summed E-state index contributed by atoms with van der Waals surface area (Å²) >= 11 is 1.70. The first-order valence-corrected chi connectivity index (χ1v) is 12.4. The second kappa shape index (κ2) is 10.3. The van der Waals surface area contributed by atoms with Crippen LogP contribution in [0.2, 0.25) is 0 Å². The maximum absolute atomic E-state index is 13.1. The Morgan fingerprint density at radius 3 is 2.50 bits per heavy atom. The summed E-state index contributed by atoms with van der Waals surface area (Å²) in [6.07, 6.45) is 0.774. The number of amides is 2. The Kier molecular flexibility index (Phi) is 7.26. The van der Waals surface area contributed by atoms with E-state index in [-0.39, 0.29) is 24.1 Å². The van der Waals surface area contributed by atoms with Crippen LogP contribution in [0, 0.1) is 6.92 Å². The van der Waals surface area contributed by atoms with Gasteiger partial charge in [0.1, 0.15) is 0 Å². The number of allylic oxidation sites excluding steroid dienone is 1. The summed E-state index contributed by atoms with van der Waals surface area (Å²) in [5.74, 6) is 0.647. The topological polar surface area (TPSA) is 83.0 Å². The third-order valence-electron chi connectivity index (χ3n) is 5.56. The molecule has 2 aliphatic rings. The largest absolute Gasteiger partial charge is 0.459 e. The van der Waals surface area contributed by atoms with Gasteiger partial charge in [-0.1, -0.05) is 36.0 Å². The van der Waals surface area contributed by atoms with Crippen LogP contribution in [0.4, 0.5) is 16.2 Å². The molecule has 0 bridgehead atoms. The van der Waals surface area contributed by atoms with Crippen molar-refractivity contribution in [3.63, 3.8) is 0 Å². The number of aryl methyl sites for hydroxylation is 1. The summed E-state index contributed by atoms with van der Waals surface area (Å²) in [7, 11) is 0. The molecule has 1 atom stereocenters. The minimum atomic E-state index is -0.355. The summed E-state index contributed by atoms with van der Waals surface area (Å²) in [5.41, 5.74) is 4.55. The van der Waals surface area contributed by atoms with Gasteiger partial charge in [0.15, 0.2) is 5.17 Å². The van der Waals surface area contributed by atoms with Crippen LogP contribution in [-0.4, -0.2) is 40.5 Å². The molecule has 7 nitrogen and oxygen atoms in total. The Balaban J connectivity index is 1.62. The number of thioether (sulfide) groups is 1. The summed E-state index contributed by atoms with van der Waals surface area (Å²) in [6.45, 7) is 8.32. The highest BCUT2D eigenvalue weighted by atomic mass is 32.2. The molecular weight excluding hydrogens is 448 g/mol. The molecule has 0 radical (unpaired) electrons. The Bertz CT molecular complexity index is 1160. The summed E-state index contributed by atoms with van der Waals surface area (Å²) in [4.78, 5) is 32.6. The van der Waals surface area contributed by atoms with E-state index in [4.69, 9.17) is 9.73 Å². The molecule has 2 aromatic carbocycles. The van der Waals surface area contributed by atoms with Crippen molar-refractivity contribution < 1.29 is 14.3 Å². The van der Waals surface area contributed by atoms with E-state index in [0.29, 0.717) is 17.0 Å². The number of nitrogens with one attached hydrogen (secondary N) is 2. The fourth-order valence-corrected chi connectivity index (χ4v) is 5.18. The van der Waals surface area contributed by atoms with Gasteiger partial charge >= 0.3 is 12.0 Å². The number of nitrogens with zero attached hydrogens (tertiary/aromatic N) is 2. The highest BCUT2D eigenvalue weighted by Gasteiger charge is 2.38. The number of carbonyl (C=O) groups excluding carboxylic acids is 2. The van der Waals surface area contributed by atoms with E-state index in [1.807, 2.05) is 76.2 Å². The number of urea groups is 1. The molecule has 4 rings (SSSR count). The van der Waals surface area contributed by atoms with E-state index in [0.717, 1.165) is 40.7 Å². The zero-order chi connectivity index (χ0) is 24.2. The lowest BCUT2D eigenvalue weighted by Crippen LogP contribution is -2.42. The smallest absolute Gasteiger partial charge is 0.338 e. The van der Waals surface area contributed by atoms with Gasteiger partial charge in [-0.05, 0) is 69.5 Å². The third kappa shape index (κ3) is 5.44. The Morgan fingerprint density at radius 1 is 1.09 bits per heavy atom. The lowest BCUT2D eigenvalue weighted by atomic mass is 9.94. The van der Waals surface area contributed by atoms with Crippen molar-refractivity contribution >= 4 is 40.3 Å². The van der Waals surface area contributed by atoms with Crippen molar-refractivity contribution in [2.24, 2.45) is 4.99 Å². The Morgan fingerprint density at radius 2 is 1.79 bits per heavy atom. The maximum Gasteiger partial charge on any atom is 0.338 e. The van der Waals surface area contributed by atoms with E-state index in [2.05, 4.69) is 15.5 Å². The first-order valence-electron chi connectivity index (χ1n) is 11.5. The minimum absolute atomic E-state index is 0.229. The molecule has 2 aliphatic heterocycles. The highest BCUT2D eigenvalue weighted by Crippen LogP contribution is 2.40. The molecule has 2 amide bonds. The van der Waals surface area contributed by atoms with E-state index in [1.165, 1.54) is 0 Å². The molecule has 2 heterocycles. The molecule has 1 unspecified atom stereocenters. The molecule has 1 fully saturated rings. The SMILES string of the molecule is CC1=C(C(=O)OC(C)C)C(c2cccc(NC(=O)Nc3cccc(C)c3)c2)N2CCCSC2=N1. The Hall–Kier alpha value is -3.26. The van der Waals surface area contributed by atoms with Crippen LogP contribution >= 0.6 is 11.8 Å². The van der Waals surface area contributed by atoms with Crippen molar-refractivity contribution in [1.29, 1.82) is 0 Å². The molecule has 2 aromatic rings. The maximum atomic E-state index is 13.1. The molecule has 0 saturated carbocycles. The number of fused-ring (bicyclic) bond motifs is 1. The predicted molar refractivity (Wildman–Crippen MR) is 138 cm³/mol. The van der Waals surface area contributed by atoms with Crippen LogP contribution in [0.25, 0.3) is 0 Å². The second-order valence-electron chi connectivity index (χ2n) is 8.72. The van der Waals surface area contributed by atoms with Gasteiger partial charge in [-0.3, -0.25) is 0 Å². The molecule has 0 aromatic heterocycles. The van der Waals surface area contributed by atoms with Gasteiger partial charge in [0.25, 0.3) is 0 Å². The summed E-state index contributed by atoms with van der Waals surface area (Å²) < 4.78 is 5.58. The van der Waals surface area contributed by atoms with Crippen LogP contribution in [0.15, 0.2) is 64.8 Å². The number of amidine groups is 1. The second-order valence-corrected chi connectivity index (χ2v) is 9.78. The van der Waals surface area contributed by atoms with Gasteiger partial charge in [-0.2, -0.15) is 0 Å². The molecule has 2 N–H and O–H groups in total. The number of carbonyl (C=O) groups is 2. The predicted octanol–water partition coefficient (Wildman–Crippen LogP) is 5.71. The average molecular weight is 479 g/mol. The van der Waals surface area contributed by atoms with Gasteiger partial charge in [-0.15, -0.1) is 0 Å². The number of benzene rings is 2. The van der Waals surface area contributed by atoms with E-state index in [9.17, 15) is 9.59 Å². The summed E-state index contributed by atoms with van der Waals surface area (Å²) in [5, 5.41) is 6.70. The molecule has 178 valence electrons. The van der Waals surface area contributed by atoms with E-state index >= 15 is 0 Å². The van der Waals surface area contributed by atoms with Gasteiger partial charge in [0.2, 0.25) is 0 Å². The van der Waals surface area contributed by atoms with E-state index in [1.54, 1.807) is 11.8 Å². The molecule has 0 spiro atoms. The highest BCUT2D eigenvalue weighted by molar-refractivity contribution is 8.13. The normalized spacial score (nSPS) is 17.7. The number of ether oxygens (including phenoxy) is 1. The number of esters is 1. The van der Waals surface area contributed by atoms with Crippen molar-refractivity contribution in [2.45, 2.75) is 46.3 Å². The van der Waals surface area contributed by atoms with Crippen molar-refractivity contribution in [3.05, 3.63) is 70.9 Å². The van der Waals surface area contributed by atoms with Crippen LogP contribution in [0.3, 0.4) is 0 Å².